The monoisotopic (exact) mass is 406 g/mol. The number of hydrogen-bond acceptors (Lipinski definition) is 6. The first-order valence-electron chi connectivity index (χ1n) is 8.15. The molecule has 2 heterocycles. The lowest BCUT2D eigenvalue weighted by Crippen LogP contribution is -2.23. The highest BCUT2D eigenvalue weighted by Crippen LogP contribution is 2.32. The van der Waals surface area contributed by atoms with Crippen molar-refractivity contribution in [3.8, 4) is 17.3 Å². The van der Waals surface area contributed by atoms with Gasteiger partial charge in [-0.15, -0.1) is 10.2 Å². The van der Waals surface area contributed by atoms with Crippen LogP contribution in [0.25, 0.3) is 11.6 Å². The molecule has 1 N–H and O–H groups in total. The molecule has 1 atom stereocenters. The van der Waals surface area contributed by atoms with Crippen molar-refractivity contribution in [1.29, 1.82) is 0 Å². The third-order valence-corrected chi connectivity index (χ3v) is 5.51. The molecule has 9 heteroatoms. The lowest BCUT2D eigenvalue weighted by atomic mass is 10.2. The van der Waals surface area contributed by atoms with Gasteiger partial charge in [-0.25, -0.2) is 0 Å². The van der Waals surface area contributed by atoms with Gasteiger partial charge in [0.25, 0.3) is 0 Å². The van der Waals surface area contributed by atoms with Crippen LogP contribution in [0.5, 0.6) is 5.75 Å². The van der Waals surface area contributed by atoms with Crippen LogP contribution in [0.2, 0.25) is 5.02 Å². The van der Waals surface area contributed by atoms with Crippen molar-refractivity contribution in [2.75, 3.05) is 12.4 Å². The Hall–Kier alpha value is -2.45. The van der Waals surface area contributed by atoms with E-state index in [0.29, 0.717) is 33.2 Å². The molecule has 0 aliphatic carbocycles. The molecule has 0 aliphatic heterocycles. The molecule has 7 nitrogen and oxygen atoms in total. The fraction of sp³-hybridized carbons (Fsp3) is 0.278. The van der Waals surface area contributed by atoms with Gasteiger partial charge in [0.15, 0.2) is 16.7 Å². The van der Waals surface area contributed by atoms with Crippen LogP contribution in [0, 0.1) is 6.92 Å². The van der Waals surface area contributed by atoms with Crippen molar-refractivity contribution >= 4 is 35.0 Å². The Kier molecular flexibility index (Phi) is 5.76. The van der Waals surface area contributed by atoms with E-state index in [0.717, 1.165) is 5.56 Å². The van der Waals surface area contributed by atoms with E-state index in [1.165, 1.54) is 18.9 Å². The number of hydrogen-bond donors (Lipinski definition) is 1. The van der Waals surface area contributed by atoms with Crippen LogP contribution in [0.1, 0.15) is 12.5 Å². The molecule has 0 saturated heterocycles. The highest BCUT2D eigenvalue weighted by molar-refractivity contribution is 8.00. The number of carbonyl (C=O) groups excluding carboxylic acids is 1. The standard InChI is InChI=1S/C18H19ClN4O3S/c1-10-8-13(15(25-4)9-12(10)19)20-17(24)11(2)27-18-22-21-16(23(18)3)14-6-5-7-26-14/h5-9,11H,1-4H3,(H,20,24)/t11-/m1/s1. The largest absolute Gasteiger partial charge is 0.495 e. The van der Waals surface area contributed by atoms with Gasteiger partial charge in [-0.2, -0.15) is 0 Å². The van der Waals surface area contributed by atoms with E-state index in [2.05, 4.69) is 15.5 Å². The average Bonchev–Trinajstić information content (AvgIpc) is 3.28. The van der Waals surface area contributed by atoms with Crippen LogP contribution in [-0.2, 0) is 11.8 Å². The molecule has 0 spiro atoms. The Balaban J connectivity index is 1.73. The van der Waals surface area contributed by atoms with Gasteiger partial charge in [0.1, 0.15) is 5.75 Å². The molecule has 0 fully saturated rings. The molecule has 0 saturated carbocycles. The molecule has 3 aromatic rings. The fourth-order valence-corrected chi connectivity index (χ4v) is 3.38. The van der Waals surface area contributed by atoms with Crippen molar-refractivity contribution in [3.05, 3.63) is 41.1 Å². The van der Waals surface area contributed by atoms with E-state index in [1.54, 1.807) is 36.0 Å². The summed E-state index contributed by atoms with van der Waals surface area (Å²) >= 11 is 7.42. The van der Waals surface area contributed by atoms with Gasteiger partial charge in [0.05, 0.1) is 24.3 Å². The van der Waals surface area contributed by atoms with Gasteiger partial charge in [0, 0.05) is 18.1 Å². The van der Waals surface area contributed by atoms with Gasteiger partial charge in [0.2, 0.25) is 5.91 Å². The number of nitrogens with one attached hydrogen (secondary N) is 1. The Morgan fingerprint density at radius 3 is 2.85 bits per heavy atom. The Morgan fingerprint density at radius 1 is 1.41 bits per heavy atom. The molecule has 1 amide bonds. The minimum atomic E-state index is -0.405. The molecule has 1 aromatic carbocycles. The Labute approximate surface area is 166 Å². The van der Waals surface area contributed by atoms with Crippen molar-refractivity contribution in [1.82, 2.24) is 14.8 Å². The van der Waals surface area contributed by atoms with Crippen LogP contribution in [0.15, 0.2) is 40.1 Å². The zero-order valence-electron chi connectivity index (χ0n) is 15.3. The zero-order chi connectivity index (χ0) is 19.6. The highest BCUT2D eigenvalue weighted by atomic mass is 35.5. The van der Waals surface area contributed by atoms with E-state index in [9.17, 15) is 4.79 Å². The van der Waals surface area contributed by atoms with Crippen LogP contribution >= 0.6 is 23.4 Å². The predicted octanol–water partition coefficient (Wildman–Crippen LogP) is 4.16. The highest BCUT2D eigenvalue weighted by Gasteiger charge is 2.21. The molecular formula is C18H19ClN4O3S. The first-order chi connectivity index (χ1) is 12.9. The molecule has 2 aromatic heterocycles. The minimum absolute atomic E-state index is 0.178. The minimum Gasteiger partial charge on any atom is -0.495 e. The number of thioether (sulfide) groups is 1. The maximum atomic E-state index is 12.6. The summed E-state index contributed by atoms with van der Waals surface area (Å²) in [5.41, 5.74) is 1.43. The van der Waals surface area contributed by atoms with Gasteiger partial charge in [-0.3, -0.25) is 4.79 Å². The molecule has 0 bridgehead atoms. The Morgan fingerprint density at radius 2 is 2.19 bits per heavy atom. The van der Waals surface area contributed by atoms with E-state index in [-0.39, 0.29) is 5.91 Å². The maximum absolute atomic E-state index is 12.6. The molecule has 0 radical (unpaired) electrons. The number of methoxy groups -OCH3 is 1. The SMILES string of the molecule is COc1cc(Cl)c(C)cc1NC(=O)[C@@H](C)Sc1nnc(-c2ccco2)n1C. The lowest BCUT2D eigenvalue weighted by molar-refractivity contribution is -0.115. The number of halogens is 1. The number of amides is 1. The van der Waals surface area contributed by atoms with Crippen molar-refractivity contribution in [2.24, 2.45) is 7.05 Å². The van der Waals surface area contributed by atoms with Gasteiger partial charge < -0.3 is 19.0 Å². The maximum Gasteiger partial charge on any atom is 0.237 e. The smallest absolute Gasteiger partial charge is 0.237 e. The third-order valence-electron chi connectivity index (χ3n) is 3.97. The quantitative estimate of drug-likeness (QED) is 0.619. The number of furan rings is 1. The molecule has 3 rings (SSSR count). The second-order valence-corrected chi connectivity index (χ2v) is 7.61. The summed E-state index contributed by atoms with van der Waals surface area (Å²) in [5.74, 6) is 1.55. The molecular weight excluding hydrogens is 388 g/mol. The summed E-state index contributed by atoms with van der Waals surface area (Å²) in [6.07, 6.45) is 1.58. The van der Waals surface area contributed by atoms with Crippen LogP contribution < -0.4 is 10.1 Å². The molecule has 142 valence electrons. The number of nitrogens with zero attached hydrogens (tertiary/aromatic N) is 3. The normalized spacial score (nSPS) is 12.0. The average molecular weight is 407 g/mol. The number of aromatic nitrogens is 3. The second-order valence-electron chi connectivity index (χ2n) is 5.89. The van der Waals surface area contributed by atoms with E-state index in [1.807, 2.05) is 20.0 Å². The molecule has 0 unspecified atom stereocenters. The predicted molar refractivity (Wildman–Crippen MR) is 105 cm³/mol. The van der Waals surface area contributed by atoms with E-state index in [4.69, 9.17) is 20.8 Å². The summed E-state index contributed by atoms with van der Waals surface area (Å²) < 4.78 is 12.4. The number of anilines is 1. The van der Waals surface area contributed by atoms with Gasteiger partial charge >= 0.3 is 0 Å². The van der Waals surface area contributed by atoms with Crippen LogP contribution in [0.3, 0.4) is 0 Å². The van der Waals surface area contributed by atoms with Gasteiger partial charge in [-0.05, 0) is 37.6 Å². The Bertz CT molecular complexity index is 956. The summed E-state index contributed by atoms with van der Waals surface area (Å²) in [6.45, 7) is 3.67. The number of ether oxygens (including phenoxy) is 1. The zero-order valence-corrected chi connectivity index (χ0v) is 16.9. The van der Waals surface area contributed by atoms with E-state index < -0.39 is 5.25 Å². The lowest BCUT2D eigenvalue weighted by Gasteiger charge is -2.15. The third kappa shape index (κ3) is 4.12. The van der Waals surface area contributed by atoms with Crippen molar-refractivity contribution < 1.29 is 13.9 Å². The number of benzene rings is 1. The summed E-state index contributed by atoms with van der Waals surface area (Å²) in [6, 6.07) is 7.06. The topological polar surface area (TPSA) is 82.2 Å². The molecule has 0 aliphatic rings. The van der Waals surface area contributed by atoms with Crippen molar-refractivity contribution in [2.45, 2.75) is 24.3 Å². The summed E-state index contributed by atoms with van der Waals surface area (Å²) in [7, 11) is 3.36. The summed E-state index contributed by atoms with van der Waals surface area (Å²) in [5, 5.41) is 12.0. The first-order valence-corrected chi connectivity index (χ1v) is 9.41. The number of aryl methyl sites for hydroxylation is 1. The number of rotatable bonds is 6. The summed E-state index contributed by atoms with van der Waals surface area (Å²) in [4.78, 5) is 12.6. The van der Waals surface area contributed by atoms with Gasteiger partial charge in [-0.1, -0.05) is 23.4 Å². The first kappa shape index (κ1) is 19.3. The van der Waals surface area contributed by atoms with Crippen molar-refractivity contribution in [3.63, 3.8) is 0 Å². The second kappa shape index (κ2) is 8.06. The molecule has 27 heavy (non-hydrogen) atoms. The van der Waals surface area contributed by atoms with E-state index >= 15 is 0 Å². The fourth-order valence-electron chi connectivity index (χ4n) is 2.41. The number of carbonyl (C=O) groups is 1. The van der Waals surface area contributed by atoms with Crippen LogP contribution in [-0.4, -0.2) is 33.0 Å². The van der Waals surface area contributed by atoms with Crippen LogP contribution in [0.4, 0.5) is 5.69 Å².